The molecule has 0 atom stereocenters. The smallest absolute Gasteiger partial charge is 0.321 e. The molecule has 1 saturated heterocycles. The number of rotatable bonds is 1. The number of likely N-dealkylation sites (tertiary alicyclic amines) is 1. The monoisotopic (exact) mass is 261 g/mol. The van der Waals surface area contributed by atoms with Crippen LogP contribution in [0, 0.1) is 17.1 Å². The van der Waals surface area contributed by atoms with Crippen molar-refractivity contribution < 1.29 is 9.18 Å². The first-order chi connectivity index (χ1) is 9.20. The zero-order valence-corrected chi connectivity index (χ0v) is 10.7. The Labute approximate surface area is 111 Å². The number of carbonyl (C=O) groups is 1. The first kappa shape index (κ1) is 13.3. The maximum atomic E-state index is 13.2. The second-order valence-corrected chi connectivity index (χ2v) is 4.64. The number of hydrogen-bond donors (Lipinski definition) is 1. The molecule has 1 aliphatic rings. The number of urea groups is 1. The molecule has 0 aromatic heterocycles. The van der Waals surface area contributed by atoms with Crippen molar-refractivity contribution >= 4 is 11.7 Å². The Bertz CT molecular complexity index is 502. The quantitative estimate of drug-likeness (QED) is 0.844. The zero-order valence-electron chi connectivity index (χ0n) is 10.7. The van der Waals surface area contributed by atoms with Crippen molar-refractivity contribution in [3.8, 4) is 6.07 Å². The summed E-state index contributed by atoms with van der Waals surface area (Å²) >= 11 is 0. The second-order valence-electron chi connectivity index (χ2n) is 4.64. The molecular weight excluding hydrogens is 245 g/mol. The summed E-state index contributed by atoms with van der Waals surface area (Å²) in [6.45, 7) is 1.50. The van der Waals surface area contributed by atoms with E-state index in [2.05, 4.69) is 5.32 Å². The van der Waals surface area contributed by atoms with E-state index in [1.54, 1.807) is 11.0 Å². The summed E-state index contributed by atoms with van der Waals surface area (Å²) in [4.78, 5) is 13.8. The Morgan fingerprint density at radius 3 is 2.58 bits per heavy atom. The van der Waals surface area contributed by atoms with Crippen LogP contribution in [0.5, 0.6) is 0 Å². The molecule has 0 spiro atoms. The van der Waals surface area contributed by atoms with E-state index in [1.807, 2.05) is 0 Å². The molecule has 0 unspecified atom stereocenters. The van der Waals surface area contributed by atoms with Crippen molar-refractivity contribution in [3.63, 3.8) is 0 Å². The average molecular weight is 261 g/mol. The van der Waals surface area contributed by atoms with Crippen molar-refractivity contribution in [1.29, 1.82) is 5.26 Å². The van der Waals surface area contributed by atoms with Gasteiger partial charge in [-0.15, -0.1) is 0 Å². The van der Waals surface area contributed by atoms with Gasteiger partial charge in [0, 0.05) is 18.8 Å². The molecule has 1 aliphatic heterocycles. The van der Waals surface area contributed by atoms with Gasteiger partial charge in [0.05, 0.1) is 5.56 Å². The van der Waals surface area contributed by atoms with Gasteiger partial charge in [-0.25, -0.2) is 9.18 Å². The van der Waals surface area contributed by atoms with E-state index in [-0.39, 0.29) is 11.6 Å². The standard InChI is InChI=1S/C14H16FN3O/c15-13-6-5-12(9-11(13)10-16)17-14(19)18-7-3-1-2-4-8-18/h5-6,9H,1-4,7-8H2,(H,17,19). The maximum Gasteiger partial charge on any atom is 0.321 e. The first-order valence-electron chi connectivity index (χ1n) is 6.46. The van der Waals surface area contributed by atoms with Crippen LogP contribution in [0.1, 0.15) is 31.2 Å². The predicted molar refractivity (Wildman–Crippen MR) is 70.2 cm³/mol. The number of halogens is 1. The summed E-state index contributed by atoms with van der Waals surface area (Å²) in [5, 5.41) is 11.5. The van der Waals surface area contributed by atoms with Crippen LogP contribution in [-0.4, -0.2) is 24.0 Å². The van der Waals surface area contributed by atoms with Crippen LogP contribution in [0.25, 0.3) is 0 Å². The summed E-state index contributed by atoms with van der Waals surface area (Å²) in [5.41, 5.74) is 0.390. The molecule has 1 heterocycles. The molecule has 5 heteroatoms. The van der Waals surface area contributed by atoms with Gasteiger partial charge in [0.2, 0.25) is 0 Å². The number of benzene rings is 1. The van der Waals surface area contributed by atoms with Gasteiger partial charge in [0.1, 0.15) is 11.9 Å². The highest BCUT2D eigenvalue weighted by atomic mass is 19.1. The Hall–Kier alpha value is -2.09. The molecule has 0 radical (unpaired) electrons. The summed E-state index contributed by atoms with van der Waals surface area (Å²) in [5.74, 6) is -0.574. The lowest BCUT2D eigenvalue weighted by Gasteiger charge is -2.20. The fraction of sp³-hybridized carbons (Fsp3) is 0.429. The second kappa shape index (κ2) is 6.19. The summed E-state index contributed by atoms with van der Waals surface area (Å²) in [6, 6.07) is 5.58. The van der Waals surface area contributed by atoms with E-state index in [4.69, 9.17) is 5.26 Å². The molecule has 0 bridgehead atoms. The third-order valence-corrected chi connectivity index (χ3v) is 3.23. The highest BCUT2D eigenvalue weighted by Gasteiger charge is 2.15. The van der Waals surface area contributed by atoms with Gasteiger partial charge in [-0.2, -0.15) is 5.26 Å². The van der Waals surface area contributed by atoms with Crippen molar-refractivity contribution in [2.75, 3.05) is 18.4 Å². The average Bonchev–Trinajstić information content (AvgIpc) is 2.70. The minimum Gasteiger partial charge on any atom is -0.325 e. The minimum atomic E-state index is -0.574. The third kappa shape index (κ3) is 3.44. The maximum absolute atomic E-state index is 13.2. The molecule has 2 amide bonds. The topological polar surface area (TPSA) is 56.1 Å². The Morgan fingerprint density at radius 2 is 1.95 bits per heavy atom. The van der Waals surface area contributed by atoms with Gasteiger partial charge >= 0.3 is 6.03 Å². The van der Waals surface area contributed by atoms with Crippen LogP contribution in [0.3, 0.4) is 0 Å². The number of nitriles is 1. The number of hydrogen-bond acceptors (Lipinski definition) is 2. The first-order valence-corrected chi connectivity index (χ1v) is 6.46. The Kier molecular flexibility index (Phi) is 4.35. The normalized spacial score (nSPS) is 15.5. The minimum absolute atomic E-state index is 0.0614. The molecule has 100 valence electrons. The fourth-order valence-corrected chi connectivity index (χ4v) is 2.17. The molecule has 0 aliphatic carbocycles. The Balaban J connectivity index is 2.04. The van der Waals surface area contributed by atoms with Gasteiger partial charge < -0.3 is 10.2 Å². The molecule has 1 aromatic carbocycles. The highest BCUT2D eigenvalue weighted by molar-refractivity contribution is 5.89. The number of amides is 2. The van der Waals surface area contributed by atoms with E-state index in [0.29, 0.717) is 5.69 Å². The van der Waals surface area contributed by atoms with Crippen LogP contribution in [-0.2, 0) is 0 Å². The lowest BCUT2D eigenvalue weighted by atomic mass is 10.2. The van der Waals surface area contributed by atoms with Gasteiger partial charge in [0.25, 0.3) is 0 Å². The van der Waals surface area contributed by atoms with Gasteiger partial charge in [-0.05, 0) is 31.0 Å². The molecule has 0 saturated carbocycles. The van der Waals surface area contributed by atoms with Crippen molar-refractivity contribution in [3.05, 3.63) is 29.6 Å². The SMILES string of the molecule is N#Cc1cc(NC(=O)N2CCCCCC2)ccc1F. The fourth-order valence-electron chi connectivity index (χ4n) is 2.17. The molecular formula is C14H16FN3O. The molecule has 1 aromatic rings. The van der Waals surface area contributed by atoms with E-state index >= 15 is 0 Å². The summed E-state index contributed by atoms with van der Waals surface area (Å²) in [6.07, 6.45) is 4.33. The lowest BCUT2D eigenvalue weighted by molar-refractivity contribution is 0.214. The summed E-state index contributed by atoms with van der Waals surface area (Å²) < 4.78 is 13.2. The molecule has 4 nitrogen and oxygen atoms in total. The van der Waals surface area contributed by atoms with Crippen LogP contribution < -0.4 is 5.32 Å². The number of nitrogens with one attached hydrogen (secondary N) is 1. The molecule has 1 N–H and O–H groups in total. The van der Waals surface area contributed by atoms with E-state index < -0.39 is 5.82 Å². The van der Waals surface area contributed by atoms with Crippen molar-refractivity contribution in [2.45, 2.75) is 25.7 Å². The van der Waals surface area contributed by atoms with Crippen LogP contribution >= 0.6 is 0 Å². The number of carbonyl (C=O) groups excluding carboxylic acids is 1. The van der Waals surface area contributed by atoms with Crippen LogP contribution in [0.4, 0.5) is 14.9 Å². The summed E-state index contributed by atoms with van der Waals surface area (Å²) in [7, 11) is 0. The van der Waals surface area contributed by atoms with E-state index in [1.165, 1.54) is 18.2 Å². The molecule has 2 rings (SSSR count). The van der Waals surface area contributed by atoms with Gasteiger partial charge in [0.15, 0.2) is 0 Å². The Morgan fingerprint density at radius 1 is 1.26 bits per heavy atom. The molecule has 1 fully saturated rings. The van der Waals surface area contributed by atoms with Gasteiger partial charge in [-0.1, -0.05) is 12.8 Å². The third-order valence-electron chi connectivity index (χ3n) is 3.23. The van der Waals surface area contributed by atoms with Crippen LogP contribution in [0.15, 0.2) is 18.2 Å². The van der Waals surface area contributed by atoms with E-state index in [9.17, 15) is 9.18 Å². The lowest BCUT2D eigenvalue weighted by Crippen LogP contribution is -2.35. The zero-order chi connectivity index (χ0) is 13.7. The van der Waals surface area contributed by atoms with Crippen LogP contribution in [0.2, 0.25) is 0 Å². The van der Waals surface area contributed by atoms with Gasteiger partial charge in [-0.3, -0.25) is 0 Å². The number of nitrogens with zero attached hydrogens (tertiary/aromatic N) is 2. The predicted octanol–water partition coefficient (Wildman–Crippen LogP) is 3.11. The largest absolute Gasteiger partial charge is 0.325 e. The highest BCUT2D eigenvalue weighted by Crippen LogP contribution is 2.16. The van der Waals surface area contributed by atoms with Crippen molar-refractivity contribution in [2.24, 2.45) is 0 Å². The van der Waals surface area contributed by atoms with Crippen molar-refractivity contribution in [1.82, 2.24) is 4.90 Å². The molecule has 19 heavy (non-hydrogen) atoms. The van der Waals surface area contributed by atoms with E-state index in [0.717, 1.165) is 38.8 Å². The number of anilines is 1.